The molecule has 1 unspecified atom stereocenters. The van der Waals surface area contributed by atoms with Crippen LogP contribution in [0, 0.1) is 0 Å². The van der Waals surface area contributed by atoms with Gasteiger partial charge in [-0.15, -0.1) is 0 Å². The van der Waals surface area contributed by atoms with Crippen LogP contribution in [0.2, 0.25) is 0 Å². The van der Waals surface area contributed by atoms with E-state index in [2.05, 4.69) is 93.7 Å². The lowest BCUT2D eigenvalue weighted by Crippen LogP contribution is -2.30. The van der Waals surface area contributed by atoms with E-state index in [9.17, 15) is 14.4 Å². The van der Waals surface area contributed by atoms with E-state index in [1.807, 2.05) is 0 Å². The van der Waals surface area contributed by atoms with E-state index in [0.717, 1.165) is 96.3 Å². The van der Waals surface area contributed by atoms with Crippen molar-refractivity contribution < 1.29 is 28.6 Å². The number of allylic oxidation sites excluding steroid dienone is 12. The highest BCUT2D eigenvalue weighted by Gasteiger charge is 2.19. The van der Waals surface area contributed by atoms with Gasteiger partial charge in [-0.3, -0.25) is 14.4 Å². The van der Waals surface area contributed by atoms with Gasteiger partial charge >= 0.3 is 17.9 Å². The Bertz CT molecular complexity index is 1520. The number of unbranched alkanes of at least 4 members (excludes halogenated alkanes) is 44. The zero-order valence-corrected chi connectivity index (χ0v) is 55.5. The highest BCUT2D eigenvalue weighted by Crippen LogP contribution is 2.18. The standard InChI is InChI=1S/C77H138O6/c1-4-7-10-13-15-17-19-21-23-25-27-29-31-33-35-37-38-40-41-43-45-47-49-51-53-55-57-59-61-64-67-70-76(79)82-73-74(72-81-75(78)69-66-63-12-9-6-3)83-77(80)71-68-65-62-60-58-56-54-52-50-48-46-44-42-39-36-34-32-30-28-26-24-22-20-18-16-14-11-8-5-2/h8,11,16,18-19,21-22,24-25,27-28,30,74H,4-7,9-10,12-15,17,20,23,26,29,31-73H2,1-3H3/b11-8-,18-16-,21-19-,24-22-,27-25-,30-28-. The Morgan fingerprint density at radius 3 is 0.735 bits per heavy atom. The van der Waals surface area contributed by atoms with Gasteiger partial charge < -0.3 is 14.2 Å². The molecule has 0 aromatic carbocycles. The first-order valence-electron chi connectivity index (χ1n) is 36.4. The lowest BCUT2D eigenvalue weighted by Gasteiger charge is -2.18. The molecule has 0 bridgehead atoms. The number of ether oxygens (including phenoxy) is 3. The van der Waals surface area contributed by atoms with Crippen LogP contribution in [0.1, 0.15) is 380 Å². The molecule has 0 aromatic rings. The predicted octanol–water partition coefficient (Wildman–Crippen LogP) is 25.2. The minimum atomic E-state index is -0.770. The topological polar surface area (TPSA) is 78.9 Å². The van der Waals surface area contributed by atoms with Crippen molar-refractivity contribution in [2.24, 2.45) is 0 Å². The smallest absolute Gasteiger partial charge is 0.306 e. The number of esters is 3. The minimum Gasteiger partial charge on any atom is -0.462 e. The fourth-order valence-electron chi connectivity index (χ4n) is 10.8. The molecule has 0 saturated carbocycles. The zero-order chi connectivity index (χ0) is 59.9. The molecule has 0 aliphatic rings. The number of carbonyl (C=O) groups is 3. The van der Waals surface area contributed by atoms with E-state index < -0.39 is 6.10 Å². The molecule has 83 heavy (non-hydrogen) atoms. The molecule has 0 radical (unpaired) electrons. The quantitative estimate of drug-likeness (QED) is 0.0261. The first kappa shape index (κ1) is 79.8. The molecule has 0 N–H and O–H groups in total. The van der Waals surface area contributed by atoms with Crippen LogP contribution in [0.5, 0.6) is 0 Å². The molecule has 0 spiro atoms. The Balaban J connectivity index is 3.92. The maximum atomic E-state index is 12.9. The Kier molecular flexibility index (Phi) is 68.6. The second-order valence-electron chi connectivity index (χ2n) is 24.5. The summed E-state index contributed by atoms with van der Waals surface area (Å²) in [5.74, 6) is -0.863. The van der Waals surface area contributed by atoms with E-state index in [1.54, 1.807) is 0 Å². The molecule has 0 rings (SSSR count). The third-order valence-corrected chi connectivity index (χ3v) is 16.2. The summed E-state index contributed by atoms with van der Waals surface area (Å²) in [6, 6.07) is 0. The lowest BCUT2D eigenvalue weighted by molar-refractivity contribution is -0.167. The van der Waals surface area contributed by atoms with E-state index in [0.29, 0.717) is 19.3 Å². The van der Waals surface area contributed by atoms with E-state index >= 15 is 0 Å². The van der Waals surface area contributed by atoms with Gasteiger partial charge in [0.25, 0.3) is 0 Å². The van der Waals surface area contributed by atoms with Gasteiger partial charge in [0, 0.05) is 19.3 Å². The second kappa shape index (κ2) is 71.3. The van der Waals surface area contributed by atoms with Crippen molar-refractivity contribution in [2.75, 3.05) is 13.2 Å². The van der Waals surface area contributed by atoms with Crippen LogP contribution in [-0.4, -0.2) is 37.2 Å². The molecule has 0 amide bonds. The number of hydrogen-bond donors (Lipinski definition) is 0. The van der Waals surface area contributed by atoms with Gasteiger partial charge in [0.05, 0.1) is 0 Å². The van der Waals surface area contributed by atoms with Gasteiger partial charge in [0.15, 0.2) is 6.10 Å². The van der Waals surface area contributed by atoms with E-state index in [-0.39, 0.29) is 31.1 Å². The number of rotatable bonds is 67. The summed E-state index contributed by atoms with van der Waals surface area (Å²) in [5, 5.41) is 0. The molecular formula is C77H138O6. The van der Waals surface area contributed by atoms with Crippen LogP contribution in [-0.2, 0) is 28.6 Å². The van der Waals surface area contributed by atoms with Crippen molar-refractivity contribution >= 4 is 17.9 Å². The first-order chi connectivity index (χ1) is 41.0. The van der Waals surface area contributed by atoms with Crippen molar-refractivity contribution in [2.45, 2.75) is 386 Å². The fourth-order valence-corrected chi connectivity index (χ4v) is 10.8. The molecular weight excluding hydrogens is 1020 g/mol. The van der Waals surface area contributed by atoms with Gasteiger partial charge in [0.2, 0.25) is 0 Å². The Morgan fingerprint density at radius 1 is 0.253 bits per heavy atom. The SMILES string of the molecule is CC/C=C\C/C=C\C/C=C\C/C=C\CCCCCCCCCCCCCCCCCCC(=O)OC(COC(=O)CCCCCCC)COC(=O)CCCCCCCCCCCCCCCCCCCCC/C=C\C/C=C\CCCCCCC. The highest BCUT2D eigenvalue weighted by molar-refractivity contribution is 5.71. The molecule has 0 saturated heterocycles. The summed E-state index contributed by atoms with van der Waals surface area (Å²) in [7, 11) is 0. The Hall–Kier alpha value is -3.15. The summed E-state index contributed by atoms with van der Waals surface area (Å²) in [5.41, 5.74) is 0. The Labute approximate surface area is 516 Å². The fraction of sp³-hybridized carbons (Fsp3) is 0.805. The molecule has 1 atom stereocenters. The highest BCUT2D eigenvalue weighted by atomic mass is 16.6. The predicted molar refractivity (Wildman–Crippen MR) is 362 cm³/mol. The second-order valence-corrected chi connectivity index (χ2v) is 24.5. The summed E-state index contributed by atoms with van der Waals surface area (Å²) in [6.45, 7) is 6.49. The molecule has 6 heteroatoms. The monoisotopic (exact) mass is 1160 g/mol. The van der Waals surface area contributed by atoms with Gasteiger partial charge in [0.1, 0.15) is 13.2 Å². The third kappa shape index (κ3) is 69.5. The molecule has 0 aromatic heterocycles. The molecule has 6 nitrogen and oxygen atoms in total. The van der Waals surface area contributed by atoms with Gasteiger partial charge in [-0.05, 0) is 89.9 Å². The molecule has 0 fully saturated rings. The third-order valence-electron chi connectivity index (χ3n) is 16.2. The van der Waals surface area contributed by atoms with Crippen LogP contribution in [0.25, 0.3) is 0 Å². The van der Waals surface area contributed by atoms with Gasteiger partial charge in [-0.1, -0.05) is 344 Å². The zero-order valence-electron chi connectivity index (χ0n) is 55.5. The molecule has 0 aliphatic heterocycles. The summed E-state index contributed by atoms with van der Waals surface area (Å²) >= 11 is 0. The van der Waals surface area contributed by atoms with E-state index in [4.69, 9.17) is 14.2 Å². The van der Waals surface area contributed by atoms with Crippen molar-refractivity contribution in [3.05, 3.63) is 72.9 Å². The van der Waals surface area contributed by atoms with Crippen molar-refractivity contribution in [1.82, 2.24) is 0 Å². The lowest BCUT2D eigenvalue weighted by atomic mass is 10.0. The summed E-state index contributed by atoms with van der Waals surface area (Å²) in [4.78, 5) is 38.1. The van der Waals surface area contributed by atoms with Crippen LogP contribution in [0.4, 0.5) is 0 Å². The number of carbonyl (C=O) groups excluding carboxylic acids is 3. The Morgan fingerprint density at radius 2 is 0.470 bits per heavy atom. The average Bonchev–Trinajstić information content (AvgIpc) is 3.48. The van der Waals surface area contributed by atoms with Crippen LogP contribution in [0.15, 0.2) is 72.9 Å². The van der Waals surface area contributed by atoms with Crippen molar-refractivity contribution in [3.63, 3.8) is 0 Å². The van der Waals surface area contributed by atoms with Crippen LogP contribution >= 0.6 is 0 Å². The van der Waals surface area contributed by atoms with E-state index in [1.165, 1.54) is 244 Å². The van der Waals surface area contributed by atoms with Crippen LogP contribution in [0.3, 0.4) is 0 Å². The van der Waals surface area contributed by atoms with Crippen LogP contribution < -0.4 is 0 Å². The summed E-state index contributed by atoms with van der Waals surface area (Å²) < 4.78 is 16.8. The average molecular weight is 1160 g/mol. The van der Waals surface area contributed by atoms with Crippen molar-refractivity contribution in [1.29, 1.82) is 0 Å². The molecule has 0 aliphatic carbocycles. The maximum absolute atomic E-state index is 12.9. The first-order valence-corrected chi connectivity index (χ1v) is 36.4. The van der Waals surface area contributed by atoms with Gasteiger partial charge in [-0.25, -0.2) is 0 Å². The largest absolute Gasteiger partial charge is 0.462 e. The molecule has 0 heterocycles. The van der Waals surface area contributed by atoms with Crippen molar-refractivity contribution in [3.8, 4) is 0 Å². The maximum Gasteiger partial charge on any atom is 0.306 e. The number of hydrogen-bond acceptors (Lipinski definition) is 6. The minimum absolute atomic E-state index is 0.0701. The normalized spacial score (nSPS) is 12.5. The summed E-state index contributed by atoms with van der Waals surface area (Å²) in [6.07, 6.45) is 94.3. The van der Waals surface area contributed by atoms with Gasteiger partial charge in [-0.2, -0.15) is 0 Å². The molecule has 482 valence electrons.